The molecule has 0 atom stereocenters. The van der Waals surface area contributed by atoms with Crippen molar-refractivity contribution in [3.05, 3.63) is 32.7 Å². The molecular formula is C16H21N3O5. The van der Waals surface area contributed by atoms with Gasteiger partial charge in [0.05, 0.1) is 6.61 Å². The fraction of sp³-hybridized carbons (Fsp3) is 0.500. The molecule has 0 fully saturated rings. The number of esters is 1. The van der Waals surface area contributed by atoms with Gasteiger partial charge in [0.25, 0.3) is 11.5 Å². The van der Waals surface area contributed by atoms with Gasteiger partial charge in [-0.05, 0) is 31.4 Å². The first-order valence-corrected chi connectivity index (χ1v) is 7.44. The van der Waals surface area contributed by atoms with E-state index in [9.17, 15) is 14.4 Å². The predicted octanol–water partition coefficient (Wildman–Crippen LogP) is 0.102. The summed E-state index contributed by atoms with van der Waals surface area (Å²) in [5, 5.41) is 11.5. The third kappa shape index (κ3) is 5.52. The zero-order valence-corrected chi connectivity index (χ0v) is 14.0. The topological polar surface area (TPSA) is 121 Å². The summed E-state index contributed by atoms with van der Waals surface area (Å²) in [6.45, 7) is 3.75. The molecule has 8 nitrogen and oxygen atoms in total. The summed E-state index contributed by atoms with van der Waals surface area (Å²) in [7, 11) is 1.52. The minimum atomic E-state index is -0.527. The molecule has 1 heterocycles. The Kier molecular flexibility index (Phi) is 7.65. The maximum Gasteiger partial charge on any atom is 0.306 e. The maximum atomic E-state index is 11.7. The number of H-pyrrole nitrogens is 1. The number of amides is 1. The van der Waals surface area contributed by atoms with E-state index < -0.39 is 17.4 Å². The van der Waals surface area contributed by atoms with Crippen LogP contribution < -0.4 is 10.9 Å². The Labute approximate surface area is 139 Å². The first kappa shape index (κ1) is 19.4. The van der Waals surface area contributed by atoms with E-state index in [1.807, 2.05) is 6.07 Å². The molecule has 0 radical (unpaired) electrons. The number of aryl methyl sites for hydroxylation is 1. The molecule has 24 heavy (non-hydrogen) atoms. The number of nitrogens with one attached hydrogen (secondary N) is 2. The second-order valence-corrected chi connectivity index (χ2v) is 5.17. The molecule has 1 aromatic rings. The Balaban J connectivity index is 2.55. The highest BCUT2D eigenvalue weighted by Gasteiger charge is 2.14. The minimum absolute atomic E-state index is 0.0430. The highest BCUT2D eigenvalue weighted by atomic mass is 16.5. The molecule has 130 valence electrons. The van der Waals surface area contributed by atoms with E-state index in [1.54, 1.807) is 13.8 Å². The number of hydrogen-bond donors (Lipinski definition) is 2. The van der Waals surface area contributed by atoms with Crippen molar-refractivity contribution in [1.82, 2.24) is 10.3 Å². The third-order valence-corrected chi connectivity index (χ3v) is 3.49. The normalized spacial score (nSPS) is 10.1. The van der Waals surface area contributed by atoms with Crippen molar-refractivity contribution in [1.29, 1.82) is 5.26 Å². The van der Waals surface area contributed by atoms with Gasteiger partial charge in [0.15, 0.2) is 6.61 Å². The molecule has 0 aliphatic carbocycles. The Morgan fingerprint density at radius 2 is 2.04 bits per heavy atom. The van der Waals surface area contributed by atoms with Gasteiger partial charge in [0, 0.05) is 25.8 Å². The molecule has 0 aliphatic heterocycles. The number of nitrogens with zero attached hydrogens (tertiary/aromatic N) is 1. The van der Waals surface area contributed by atoms with E-state index in [4.69, 9.17) is 14.7 Å². The molecule has 1 amide bonds. The molecule has 0 spiro atoms. The number of aromatic amines is 1. The van der Waals surface area contributed by atoms with Crippen LogP contribution in [-0.4, -0.2) is 43.7 Å². The summed E-state index contributed by atoms with van der Waals surface area (Å²) in [5.41, 5.74) is 1.51. The Bertz CT molecular complexity index is 703. The van der Waals surface area contributed by atoms with Crippen molar-refractivity contribution in [3.8, 4) is 6.07 Å². The predicted molar refractivity (Wildman–Crippen MR) is 85.4 cm³/mol. The van der Waals surface area contributed by atoms with Crippen molar-refractivity contribution in [2.45, 2.75) is 26.7 Å². The molecule has 1 rings (SSSR count). The van der Waals surface area contributed by atoms with Gasteiger partial charge in [-0.15, -0.1) is 0 Å². The van der Waals surface area contributed by atoms with Crippen molar-refractivity contribution in [2.24, 2.45) is 0 Å². The zero-order chi connectivity index (χ0) is 18.1. The quantitative estimate of drug-likeness (QED) is 0.513. The van der Waals surface area contributed by atoms with E-state index in [0.29, 0.717) is 30.8 Å². The van der Waals surface area contributed by atoms with Crippen molar-refractivity contribution >= 4 is 11.9 Å². The molecule has 8 heteroatoms. The van der Waals surface area contributed by atoms with Crippen LogP contribution in [0.4, 0.5) is 0 Å². The van der Waals surface area contributed by atoms with Crippen LogP contribution in [0.2, 0.25) is 0 Å². The molecule has 0 unspecified atom stereocenters. The van der Waals surface area contributed by atoms with Crippen molar-refractivity contribution < 1.29 is 19.1 Å². The fourth-order valence-corrected chi connectivity index (χ4v) is 2.21. The summed E-state index contributed by atoms with van der Waals surface area (Å²) in [6.07, 6.45) is 0.358. The standard InChI is InChI=1S/C16H21N3O5/c1-10-12(11(2)19-16(22)13(10)8-17)4-5-15(21)24-9-14(20)18-6-7-23-3/h4-7,9H2,1-3H3,(H,18,20)(H,19,22). The van der Waals surface area contributed by atoms with Gasteiger partial charge in [-0.25, -0.2) is 0 Å². The van der Waals surface area contributed by atoms with Crippen LogP contribution >= 0.6 is 0 Å². The smallest absolute Gasteiger partial charge is 0.306 e. The monoisotopic (exact) mass is 335 g/mol. The summed E-state index contributed by atoms with van der Waals surface area (Å²) in [4.78, 5) is 37.4. The number of nitriles is 1. The minimum Gasteiger partial charge on any atom is -0.456 e. The summed E-state index contributed by atoms with van der Waals surface area (Å²) in [6, 6.07) is 1.86. The molecule has 0 saturated carbocycles. The third-order valence-electron chi connectivity index (χ3n) is 3.49. The number of carbonyl (C=O) groups excluding carboxylic acids is 2. The van der Waals surface area contributed by atoms with E-state index >= 15 is 0 Å². The van der Waals surface area contributed by atoms with Crippen LogP contribution in [0.1, 0.15) is 28.8 Å². The Morgan fingerprint density at radius 1 is 1.33 bits per heavy atom. The Morgan fingerprint density at radius 3 is 2.67 bits per heavy atom. The van der Waals surface area contributed by atoms with E-state index in [1.165, 1.54) is 7.11 Å². The van der Waals surface area contributed by atoms with E-state index in [2.05, 4.69) is 10.3 Å². The number of rotatable bonds is 8. The van der Waals surface area contributed by atoms with Crippen LogP contribution in [0, 0.1) is 25.2 Å². The van der Waals surface area contributed by atoms with Crippen LogP contribution in [-0.2, 0) is 25.5 Å². The molecule has 0 aliphatic rings. The fourth-order valence-electron chi connectivity index (χ4n) is 2.21. The van der Waals surface area contributed by atoms with Gasteiger partial charge >= 0.3 is 5.97 Å². The van der Waals surface area contributed by atoms with Crippen LogP contribution in [0.5, 0.6) is 0 Å². The van der Waals surface area contributed by atoms with Gasteiger partial charge in [-0.2, -0.15) is 5.26 Å². The molecule has 0 bridgehead atoms. The van der Waals surface area contributed by atoms with Gasteiger partial charge in [0.1, 0.15) is 11.6 Å². The van der Waals surface area contributed by atoms with Crippen LogP contribution in [0.25, 0.3) is 0 Å². The van der Waals surface area contributed by atoms with Gasteiger partial charge in [-0.3, -0.25) is 14.4 Å². The van der Waals surface area contributed by atoms with Crippen LogP contribution in [0.3, 0.4) is 0 Å². The number of pyridine rings is 1. The maximum absolute atomic E-state index is 11.7. The van der Waals surface area contributed by atoms with Crippen molar-refractivity contribution in [2.75, 3.05) is 26.9 Å². The summed E-state index contributed by atoms with van der Waals surface area (Å²) >= 11 is 0. The second kappa shape index (κ2) is 9.47. The summed E-state index contributed by atoms with van der Waals surface area (Å²) in [5.74, 6) is -0.927. The van der Waals surface area contributed by atoms with Crippen molar-refractivity contribution in [3.63, 3.8) is 0 Å². The van der Waals surface area contributed by atoms with Gasteiger partial charge in [-0.1, -0.05) is 0 Å². The largest absolute Gasteiger partial charge is 0.456 e. The lowest BCUT2D eigenvalue weighted by molar-refractivity contribution is -0.148. The lowest BCUT2D eigenvalue weighted by Gasteiger charge is -2.10. The highest BCUT2D eigenvalue weighted by molar-refractivity contribution is 5.80. The second-order valence-electron chi connectivity index (χ2n) is 5.17. The highest BCUT2D eigenvalue weighted by Crippen LogP contribution is 2.15. The van der Waals surface area contributed by atoms with Gasteiger partial charge < -0.3 is 19.8 Å². The van der Waals surface area contributed by atoms with Crippen LogP contribution in [0.15, 0.2) is 4.79 Å². The molecule has 1 aromatic heterocycles. The molecule has 0 saturated heterocycles. The van der Waals surface area contributed by atoms with E-state index in [-0.39, 0.29) is 18.6 Å². The number of methoxy groups -OCH3 is 1. The average molecular weight is 335 g/mol. The van der Waals surface area contributed by atoms with Gasteiger partial charge in [0.2, 0.25) is 0 Å². The first-order chi connectivity index (χ1) is 11.4. The molecular weight excluding hydrogens is 314 g/mol. The lowest BCUT2D eigenvalue weighted by Crippen LogP contribution is -2.31. The summed E-state index contributed by atoms with van der Waals surface area (Å²) < 4.78 is 9.67. The zero-order valence-electron chi connectivity index (χ0n) is 14.0. The molecule has 0 aromatic carbocycles. The van der Waals surface area contributed by atoms with E-state index in [0.717, 1.165) is 5.56 Å². The SMILES string of the molecule is COCCNC(=O)COC(=O)CCc1c(C)[nH]c(=O)c(C#N)c1C. The number of hydrogen-bond acceptors (Lipinski definition) is 6. The number of ether oxygens (including phenoxy) is 2. The number of carbonyl (C=O) groups is 2. The first-order valence-electron chi connectivity index (χ1n) is 7.44. The lowest BCUT2D eigenvalue weighted by atomic mass is 9.99. The Hall–Kier alpha value is -2.66. The molecule has 2 N–H and O–H groups in total. The average Bonchev–Trinajstić information content (AvgIpc) is 2.53. The number of aromatic nitrogens is 1.